The van der Waals surface area contributed by atoms with Crippen LogP contribution in [0.4, 0.5) is 5.69 Å². The van der Waals surface area contributed by atoms with Crippen LogP contribution in [0.5, 0.6) is 0 Å². The zero-order valence-corrected chi connectivity index (χ0v) is 11.5. The summed E-state index contributed by atoms with van der Waals surface area (Å²) in [5.74, 6) is -0.185. The summed E-state index contributed by atoms with van der Waals surface area (Å²) >= 11 is 0. The van der Waals surface area contributed by atoms with Crippen molar-refractivity contribution < 1.29 is 14.8 Å². The van der Waals surface area contributed by atoms with Gasteiger partial charge in [-0.25, -0.2) is 0 Å². The first-order chi connectivity index (χ1) is 9.30. The van der Waals surface area contributed by atoms with Gasteiger partial charge in [-0.15, -0.1) is 0 Å². The molecule has 2 N–H and O–H groups in total. The molecule has 6 nitrogen and oxygen atoms in total. The molecule has 2 atom stereocenters. The van der Waals surface area contributed by atoms with Gasteiger partial charge in [0.15, 0.2) is 0 Å². The average molecular weight is 278 g/mol. The summed E-state index contributed by atoms with van der Waals surface area (Å²) in [6.45, 7) is 3.80. The monoisotopic (exact) mass is 278 g/mol. The lowest BCUT2D eigenvalue weighted by atomic mass is 9.64. The maximum absolute atomic E-state index is 11.9. The second-order valence-corrected chi connectivity index (χ2v) is 5.80. The first-order valence-corrected chi connectivity index (χ1v) is 6.51. The van der Waals surface area contributed by atoms with Crippen LogP contribution in [0.1, 0.15) is 25.8 Å². The number of hydrogen-bond donors (Lipinski definition) is 2. The Morgan fingerprint density at radius 3 is 2.80 bits per heavy atom. The highest BCUT2D eigenvalue weighted by Gasteiger charge is 2.47. The second kappa shape index (κ2) is 5.20. The number of rotatable bonds is 4. The number of aliphatic hydroxyl groups excluding tert-OH is 1. The van der Waals surface area contributed by atoms with Crippen LogP contribution in [0.15, 0.2) is 24.3 Å². The van der Waals surface area contributed by atoms with Crippen molar-refractivity contribution in [1.29, 1.82) is 0 Å². The van der Waals surface area contributed by atoms with E-state index in [1.165, 1.54) is 12.1 Å². The van der Waals surface area contributed by atoms with Gasteiger partial charge in [-0.1, -0.05) is 26.0 Å². The number of nitrogens with zero attached hydrogens (tertiary/aromatic N) is 1. The van der Waals surface area contributed by atoms with Crippen molar-refractivity contribution in [2.45, 2.75) is 38.8 Å². The van der Waals surface area contributed by atoms with Gasteiger partial charge in [0.1, 0.15) is 0 Å². The zero-order valence-electron chi connectivity index (χ0n) is 11.5. The van der Waals surface area contributed by atoms with Crippen molar-refractivity contribution >= 4 is 11.6 Å². The van der Waals surface area contributed by atoms with Crippen LogP contribution in [0, 0.1) is 15.5 Å². The Kier molecular flexibility index (Phi) is 3.76. The van der Waals surface area contributed by atoms with Gasteiger partial charge in [-0.2, -0.15) is 0 Å². The fourth-order valence-electron chi connectivity index (χ4n) is 2.36. The summed E-state index contributed by atoms with van der Waals surface area (Å²) in [4.78, 5) is 22.1. The molecule has 108 valence electrons. The second-order valence-electron chi connectivity index (χ2n) is 5.80. The van der Waals surface area contributed by atoms with Gasteiger partial charge < -0.3 is 10.4 Å². The van der Waals surface area contributed by atoms with Crippen molar-refractivity contribution in [2.24, 2.45) is 5.41 Å². The maximum atomic E-state index is 11.9. The van der Waals surface area contributed by atoms with Gasteiger partial charge >= 0.3 is 0 Å². The quantitative estimate of drug-likeness (QED) is 0.643. The lowest BCUT2D eigenvalue weighted by Crippen LogP contribution is -2.61. The summed E-state index contributed by atoms with van der Waals surface area (Å²) < 4.78 is 0. The molecule has 2 unspecified atom stereocenters. The third-order valence-corrected chi connectivity index (χ3v) is 4.04. The van der Waals surface area contributed by atoms with E-state index in [1.54, 1.807) is 12.1 Å². The molecule has 20 heavy (non-hydrogen) atoms. The molecular formula is C14H18N2O4. The minimum Gasteiger partial charge on any atom is -0.392 e. The van der Waals surface area contributed by atoms with Gasteiger partial charge in [0.2, 0.25) is 5.91 Å². The van der Waals surface area contributed by atoms with Crippen LogP contribution >= 0.6 is 0 Å². The molecule has 1 aromatic carbocycles. The van der Waals surface area contributed by atoms with Crippen LogP contribution in [0.2, 0.25) is 0 Å². The largest absolute Gasteiger partial charge is 0.392 e. The molecule has 0 heterocycles. The normalized spacial score (nSPS) is 23.8. The number of carbonyl (C=O) groups is 1. The zero-order chi connectivity index (χ0) is 14.9. The smallest absolute Gasteiger partial charge is 0.269 e. The van der Waals surface area contributed by atoms with Crippen LogP contribution in [0.3, 0.4) is 0 Å². The van der Waals surface area contributed by atoms with E-state index in [1.807, 2.05) is 13.8 Å². The average Bonchev–Trinajstić information content (AvgIpc) is 2.38. The summed E-state index contributed by atoms with van der Waals surface area (Å²) in [5, 5.41) is 23.2. The Bertz CT molecular complexity index is 542. The fraction of sp³-hybridized carbons (Fsp3) is 0.500. The van der Waals surface area contributed by atoms with Crippen molar-refractivity contribution in [3.63, 3.8) is 0 Å². The Labute approximate surface area is 117 Å². The number of nitro benzene ring substituents is 1. The Morgan fingerprint density at radius 2 is 2.25 bits per heavy atom. The predicted molar refractivity (Wildman–Crippen MR) is 73.1 cm³/mol. The van der Waals surface area contributed by atoms with E-state index < -0.39 is 11.0 Å². The highest BCUT2D eigenvalue weighted by Crippen LogP contribution is 2.40. The van der Waals surface area contributed by atoms with Crippen molar-refractivity contribution in [3.05, 3.63) is 39.9 Å². The van der Waals surface area contributed by atoms with E-state index in [9.17, 15) is 20.0 Å². The first kappa shape index (κ1) is 14.5. The molecule has 1 aliphatic carbocycles. The highest BCUT2D eigenvalue weighted by atomic mass is 16.6. The molecule has 1 fully saturated rings. The molecular weight excluding hydrogens is 260 g/mol. The first-order valence-electron chi connectivity index (χ1n) is 6.51. The molecule has 0 aromatic heterocycles. The van der Waals surface area contributed by atoms with Crippen molar-refractivity contribution in [3.8, 4) is 0 Å². The van der Waals surface area contributed by atoms with E-state index in [4.69, 9.17) is 0 Å². The number of nitrogens with one attached hydrogen (secondary N) is 1. The van der Waals surface area contributed by atoms with Crippen LogP contribution < -0.4 is 5.32 Å². The molecule has 1 saturated carbocycles. The summed E-state index contributed by atoms with van der Waals surface area (Å²) in [5.41, 5.74) is 0.266. The lowest BCUT2D eigenvalue weighted by molar-refractivity contribution is -0.384. The van der Waals surface area contributed by atoms with E-state index >= 15 is 0 Å². The van der Waals surface area contributed by atoms with Gasteiger partial charge in [0.05, 0.1) is 17.4 Å². The van der Waals surface area contributed by atoms with E-state index in [0.717, 1.165) is 0 Å². The van der Waals surface area contributed by atoms with Gasteiger partial charge in [-0.05, 0) is 12.0 Å². The van der Waals surface area contributed by atoms with Crippen LogP contribution in [0.25, 0.3) is 0 Å². The van der Waals surface area contributed by atoms with E-state index in [-0.39, 0.29) is 29.5 Å². The summed E-state index contributed by atoms with van der Waals surface area (Å²) in [6.07, 6.45) is 0.253. The molecule has 0 radical (unpaired) electrons. The number of amides is 1. The lowest BCUT2D eigenvalue weighted by Gasteiger charge is -2.49. The Morgan fingerprint density at radius 1 is 1.55 bits per heavy atom. The maximum Gasteiger partial charge on any atom is 0.269 e. The van der Waals surface area contributed by atoms with E-state index in [2.05, 4.69) is 5.32 Å². The van der Waals surface area contributed by atoms with Gasteiger partial charge in [-0.3, -0.25) is 14.9 Å². The van der Waals surface area contributed by atoms with Crippen molar-refractivity contribution in [1.82, 2.24) is 5.32 Å². The molecule has 1 aliphatic rings. The number of carbonyl (C=O) groups excluding carboxylic acids is 1. The third-order valence-electron chi connectivity index (χ3n) is 4.04. The fourth-order valence-corrected chi connectivity index (χ4v) is 2.36. The SMILES string of the molecule is CC1(C)C(O)CC1NC(=O)Cc1cccc([N+](=O)[O-])c1. The van der Waals surface area contributed by atoms with Gasteiger partial charge in [0.25, 0.3) is 5.69 Å². The number of nitro groups is 1. The molecule has 0 bridgehead atoms. The number of hydrogen-bond acceptors (Lipinski definition) is 4. The molecule has 1 amide bonds. The molecule has 0 saturated heterocycles. The minimum absolute atomic E-state index is 0.0188. The molecule has 0 spiro atoms. The highest BCUT2D eigenvalue weighted by molar-refractivity contribution is 5.79. The molecule has 6 heteroatoms. The standard InChI is InChI=1S/C14H18N2O4/c1-14(2)11(8-12(14)17)15-13(18)7-9-4-3-5-10(6-9)16(19)20/h3-6,11-12,17H,7-8H2,1-2H3,(H,15,18). The summed E-state index contributed by atoms with van der Waals surface area (Å²) in [6, 6.07) is 6.00. The third kappa shape index (κ3) is 2.80. The number of non-ortho nitro benzene ring substituents is 1. The van der Waals surface area contributed by atoms with Gasteiger partial charge in [0, 0.05) is 23.6 Å². The molecule has 1 aromatic rings. The number of aliphatic hydroxyl groups is 1. The van der Waals surface area contributed by atoms with Crippen LogP contribution in [-0.4, -0.2) is 28.1 Å². The van der Waals surface area contributed by atoms with Crippen LogP contribution in [-0.2, 0) is 11.2 Å². The number of benzene rings is 1. The minimum atomic E-state index is -0.479. The molecule has 2 rings (SSSR count). The predicted octanol–water partition coefficient (Wildman–Crippen LogP) is 1.41. The molecule has 0 aliphatic heterocycles. The van der Waals surface area contributed by atoms with E-state index in [0.29, 0.717) is 12.0 Å². The Hall–Kier alpha value is -1.95. The summed E-state index contributed by atoms with van der Waals surface area (Å²) in [7, 11) is 0. The topological polar surface area (TPSA) is 92.5 Å². The Balaban J connectivity index is 1.95. The van der Waals surface area contributed by atoms with Crippen molar-refractivity contribution in [2.75, 3.05) is 0 Å².